The Labute approximate surface area is 198 Å². The number of carboxylic acids is 1. The van der Waals surface area contributed by atoms with Gasteiger partial charge in [0.1, 0.15) is 23.9 Å². The van der Waals surface area contributed by atoms with Gasteiger partial charge in [-0.3, -0.25) is 14.5 Å². The second-order valence-electron chi connectivity index (χ2n) is 8.23. The third kappa shape index (κ3) is 4.34. The van der Waals surface area contributed by atoms with Crippen LogP contribution in [0.3, 0.4) is 0 Å². The van der Waals surface area contributed by atoms with Crippen LogP contribution in [-0.4, -0.2) is 29.9 Å². The van der Waals surface area contributed by atoms with Crippen LogP contribution in [-0.2, 0) is 22.4 Å². The highest BCUT2D eigenvalue weighted by Crippen LogP contribution is 2.47. The van der Waals surface area contributed by atoms with Crippen molar-refractivity contribution in [1.82, 2.24) is 0 Å². The first-order chi connectivity index (χ1) is 16.8. The van der Waals surface area contributed by atoms with Crippen molar-refractivity contribution in [3.8, 4) is 5.75 Å². The quantitative estimate of drug-likeness (QED) is 0.408. The van der Waals surface area contributed by atoms with Gasteiger partial charge in [-0.05, 0) is 41.5 Å². The minimum atomic E-state index is -3.21. The number of nitrogens with zero attached hydrogens (tertiary/aromatic N) is 1. The molecule has 4 rings (SSSR count). The number of benzene rings is 3. The van der Waals surface area contributed by atoms with Gasteiger partial charge in [0.05, 0.1) is 12.0 Å². The molecule has 1 heterocycles. The predicted octanol–water partition coefficient (Wildman–Crippen LogP) is 5.45. The zero-order chi connectivity index (χ0) is 25.3. The first-order valence-corrected chi connectivity index (χ1v) is 11.1. The number of rotatable bonds is 9. The molecule has 0 saturated heterocycles. The van der Waals surface area contributed by atoms with Gasteiger partial charge in [-0.1, -0.05) is 43.7 Å². The Morgan fingerprint density at radius 3 is 2.51 bits per heavy atom. The highest BCUT2D eigenvalue weighted by Gasteiger charge is 2.43. The number of alkyl halides is 2. The summed E-state index contributed by atoms with van der Waals surface area (Å²) in [5.74, 6) is -3.19. The summed E-state index contributed by atoms with van der Waals surface area (Å²) in [7, 11) is 0. The molecule has 1 atom stereocenters. The molecule has 3 aromatic carbocycles. The molecule has 6 nitrogen and oxygen atoms in total. The number of fused-ring (bicyclic) bond motifs is 2. The Morgan fingerprint density at radius 1 is 1.20 bits per heavy atom. The van der Waals surface area contributed by atoms with Crippen molar-refractivity contribution < 1.29 is 37.4 Å². The number of carbonyl (C=O) groups is 3. The topological polar surface area (TPSA) is 83.9 Å². The summed E-state index contributed by atoms with van der Waals surface area (Å²) in [6.07, 6.45) is 1.99. The Morgan fingerprint density at radius 2 is 1.91 bits per heavy atom. The van der Waals surface area contributed by atoms with Gasteiger partial charge >= 0.3 is 12.6 Å². The summed E-state index contributed by atoms with van der Waals surface area (Å²) < 4.78 is 46.4. The molecule has 1 amide bonds. The number of anilines is 1. The molecule has 0 fully saturated rings. The zero-order valence-corrected chi connectivity index (χ0v) is 18.8. The van der Waals surface area contributed by atoms with E-state index in [1.165, 1.54) is 12.1 Å². The van der Waals surface area contributed by atoms with E-state index in [0.717, 1.165) is 23.8 Å². The van der Waals surface area contributed by atoms with E-state index in [0.29, 0.717) is 29.0 Å². The lowest BCUT2D eigenvalue weighted by molar-refractivity contribution is -0.136. The Hall–Kier alpha value is -3.88. The molecule has 1 N–H and O–H groups in total. The number of hydrogen-bond donors (Lipinski definition) is 1. The van der Waals surface area contributed by atoms with Crippen LogP contribution >= 0.6 is 0 Å². The Bertz CT molecular complexity index is 1320. The van der Waals surface area contributed by atoms with Crippen LogP contribution in [0, 0.1) is 5.82 Å². The standard InChI is InChI=1S/C26H22F3NO5/c1-2-3-6-17-16-7-4-5-8-18(16)24(35-26(28)29)23-22(17)20(13-31)30(25(23)34)15-10-9-14(11-21(32)33)19(27)12-15/h4-5,7-10,12-13,20,26H,2-3,6,11H2,1H3,(H,32,33)/t20-/m1/s1. The monoisotopic (exact) mass is 485 g/mol. The molecule has 35 heavy (non-hydrogen) atoms. The lowest BCUT2D eigenvalue weighted by Gasteiger charge is -2.22. The molecule has 1 aliphatic heterocycles. The lowest BCUT2D eigenvalue weighted by Crippen LogP contribution is -2.29. The molecular weight excluding hydrogens is 463 g/mol. The number of aliphatic carboxylic acids is 1. The van der Waals surface area contributed by atoms with E-state index in [1.807, 2.05) is 6.92 Å². The first kappa shape index (κ1) is 24.3. The maximum atomic E-state index is 14.7. The molecule has 0 radical (unpaired) electrons. The molecule has 0 saturated carbocycles. The van der Waals surface area contributed by atoms with E-state index in [-0.39, 0.29) is 28.1 Å². The summed E-state index contributed by atoms with van der Waals surface area (Å²) in [5.41, 5.74) is 0.702. The van der Waals surface area contributed by atoms with Crippen molar-refractivity contribution in [2.75, 3.05) is 4.90 Å². The van der Waals surface area contributed by atoms with Crippen LogP contribution in [0.15, 0.2) is 42.5 Å². The van der Waals surface area contributed by atoms with Gasteiger partial charge in [-0.2, -0.15) is 8.78 Å². The minimum Gasteiger partial charge on any atom is -0.481 e. The number of carboxylic acid groups (broad SMARTS) is 1. The van der Waals surface area contributed by atoms with Crippen LogP contribution in [0.4, 0.5) is 18.9 Å². The summed E-state index contributed by atoms with van der Waals surface area (Å²) in [5, 5.41) is 9.87. The molecule has 9 heteroatoms. The largest absolute Gasteiger partial charge is 0.481 e. The lowest BCUT2D eigenvalue weighted by atomic mass is 9.88. The van der Waals surface area contributed by atoms with Crippen molar-refractivity contribution in [3.05, 3.63) is 70.5 Å². The molecule has 0 spiro atoms. The van der Waals surface area contributed by atoms with E-state index < -0.39 is 36.8 Å². The summed E-state index contributed by atoms with van der Waals surface area (Å²) in [6.45, 7) is -1.24. The van der Waals surface area contributed by atoms with Gasteiger partial charge in [-0.15, -0.1) is 0 Å². The number of aryl methyl sites for hydroxylation is 1. The number of halogens is 3. The number of amides is 1. The average Bonchev–Trinajstić information content (AvgIpc) is 3.11. The molecular formula is C26H22F3NO5. The van der Waals surface area contributed by atoms with Crippen molar-refractivity contribution >= 4 is 34.6 Å². The van der Waals surface area contributed by atoms with E-state index >= 15 is 0 Å². The molecule has 0 unspecified atom stereocenters. The molecule has 0 bridgehead atoms. The number of hydrogen-bond acceptors (Lipinski definition) is 4. The van der Waals surface area contributed by atoms with Crippen LogP contribution in [0.1, 0.15) is 52.9 Å². The van der Waals surface area contributed by atoms with Crippen LogP contribution < -0.4 is 9.64 Å². The van der Waals surface area contributed by atoms with Crippen LogP contribution in [0.5, 0.6) is 5.75 Å². The summed E-state index contributed by atoms with van der Waals surface area (Å²) in [4.78, 5) is 38.0. The van der Waals surface area contributed by atoms with E-state index in [2.05, 4.69) is 0 Å². The van der Waals surface area contributed by atoms with Gasteiger partial charge in [0.15, 0.2) is 0 Å². The summed E-state index contributed by atoms with van der Waals surface area (Å²) >= 11 is 0. The second-order valence-corrected chi connectivity index (χ2v) is 8.23. The van der Waals surface area contributed by atoms with Crippen LogP contribution in [0.25, 0.3) is 10.8 Å². The Kier molecular flexibility index (Phi) is 6.77. The normalized spacial score (nSPS) is 15.1. The van der Waals surface area contributed by atoms with Gasteiger partial charge < -0.3 is 14.6 Å². The smallest absolute Gasteiger partial charge is 0.387 e. The number of unbranched alkanes of at least 4 members (excludes halogenated alkanes) is 1. The third-order valence-electron chi connectivity index (χ3n) is 6.10. The fourth-order valence-electron chi connectivity index (χ4n) is 4.65. The fourth-order valence-corrected chi connectivity index (χ4v) is 4.65. The molecule has 3 aromatic rings. The SMILES string of the molecule is CCCCc1c2c(c(OC(F)F)c3ccccc13)C(=O)N(c1ccc(CC(=O)O)c(F)c1)[C@@H]2C=O. The van der Waals surface area contributed by atoms with Crippen molar-refractivity contribution in [2.24, 2.45) is 0 Å². The van der Waals surface area contributed by atoms with E-state index in [4.69, 9.17) is 9.84 Å². The van der Waals surface area contributed by atoms with E-state index in [1.54, 1.807) is 24.3 Å². The second kappa shape index (κ2) is 9.77. The first-order valence-electron chi connectivity index (χ1n) is 11.1. The minimum absolute atomic E-state index is 0.00318. The number of ether oxygens (including phenoxy) is 1. The van der Waals surface area contributed by atoms with Crippen molar-refractivity contribution in [1.29, 1.82) is 0 Å². The van der Waals surface area contributed by atoms with Crippen molar-refractivity contribution in [3.63, 3.8) is 0 Å². The van der Waals surface area contributed by atoms with Gasteiger partial charge in [0.2, 0.25) is 0 Å². The number of carbonyl (C=O) groups excluding carboxylic acids is 2. The van der Waals surface area contributed by atoms with Gasteiger partial charge in [0, 0.05) is 16.6 Å². The average molecular weight is 485 g/mol. The van der Waals surface area contributed by atoms with E-state index in [9.17, 15) is 27.6 Å². The zero-order valence-electron chi connectivity index (χ0n) is 18.8. The number of aldehydes is 1. The Balaban J connectivity index is 1.96. The maximum absolute atomic E-state index is 14.7. The molecule has 0 aliphatic carbocycles. The fraction of sp³-hybridized carbons (Fsp3) is 0.269. The molecule has 0 aromatic heterocycles. The van der Waals surface area contributed by atoms with Gasteiger partial charge in [0.25, 0.3) is 5.91 Å². The maximum Gasteiger partial charge on any atom is 0.387 e. The highest BCUT2D eigenvalue weighted by molar-refractivity contribution is 6.19. The third-order valence-corrected chi connectivity index (χ3v) is 6.10. The van der Waals surface area contributed by atoms with Crippen LogP contribution in [0.2, 0.25) is 0 Å². The van der Waals surface area contributed by atoms with Gasteiger partial charge in [-0.25, -0.2) is 4.39 Å². The summed E-state index contributed by atoms with van der Waals surface area (Å²) in [6, 6.07) is 9.02. The predicted molar refractivity (Wildman–Crippen MR) is 123 cm³/mol. The highest BCUT2D eigenvalue weighted by atomic mass is 19.3. The molecule has 182 valence electrons. The van der Waals surface area contributed by atoms with Crippen molar-refractivity contribution in [2.45, 2.75) is 45.3 Å². The molecule has 1 aliphatic rings.